The maximum atomic E-state index is 11.7. The fourth-order valence-corrected chi connectivity index (χ4v) is 13.7. The van der Waals surface area contributed by atoms with E-state index < -0.39 is 84.0 Å². The largest absolute Gasteiger partial charge is 1.00 e. The van der Waals surface area contributed by atoms with E-state index in [9.17, 15) is 38.5 Å². The van der Waals surface area contributed by atoms with Gasteiger partial charge < -0.3 is 53.8 Å². The summed E-state index contributed by atoms with van der Waals surface area (Å²) >= 11 is 0. The molecule has 3 saturated carbocycles. The average molecular weight is 809 g/mol. The molecule has 5 N–H and O–H groups in total. The summed E-state index contributed by atoms with van der Waals surface area (Å²) in [6.45, 7) is 11.0. The van der Waals surface area contributed by atoms with Gasteiger partial charge in [0.1, 0.15) is 42.7 Å². The molecule has 0 aromatic heterocycles. The summed E-state index contributed by atoms with van der Waals surface area (Å²) < 4.78 is 71.4. The van der Waals surface area contributed by atoms with Gasteiger partial charge in [-0.1, -0.05) is 39.3 Å². The van der Waals surface area contributed by atoms with Crippen LogP contribution in [0.5, 0.6) is 0 Å². The normalized spacial score (nSPS) is 55.1. The first-order chi connectivity index (χ1) is 25.4. The third-order valence-corrected chi connectivity index (χ3v) is 16.5. The third-order valence-electron chi connectivity index (χ3n) is 16.1. The van der Waals surface area contributed by atoms with Gasteiger partial charge in [0.15, 0.2) is 12.1 Å². The SMILES string of the molecule is CC1CC[C@@]2(OC1)O[C@H]1C[C@H]3[C@@H]4CC=C5C[C@@H]([C@@H]6O[C@H](CO)[C@@H](OS(=O)(=O)[O-])[C@H](O)[C@H]6O[C@@H]6O[C@@H](C)[C@H](O)[C@@H](O)[C@H]6O)CC[C@]5(C)[C@H]4CC[C@]3(C)[C@H]1[C@@H]2C.[Na+]. The summed E-state index contributed by atoms with van der Waals surface area (Å²) in [7, 11) is -5.33. The average Bonchev–Trinajstić information content (AvgIpc) is 3.57. The molecular weight excluding hydrogens is 747 g/mol. The second-order valence-corrected chi connectivity index (χ2v) is 19.9. The molecule has 308 valence electrons. The summed E-state index contributed by atoms with van der Waals surface area (Å²) in [6, 6.07) is 0. The molecule has 8 aliphatic rings. The van der Waals surface area contributed by atoms with Gasteiger partial charge in [0.25, 0.3) is 0 Å². The van der Waals surface area contributed by atoms with Crippen molar-refractivity contribution in [2.75, 3.05) is 13.2 Å². The number of aliphatic hydroxyl groups excluding tert-OH is 5. The Balaban J connectivity index is 0.00000465. The van der Waals surface area contributed by atoms with Crippen LogP contribution >= 0.6 is 0 Å². The smallest absolute Gasteiger partial charge is 0.726 e. The number of hydrogen-bond acceptors (Lipinski definition) is 14. The number of fused-ring (bicyclic) bond motifs is 7. The fraction of sp³-hybridized carbons (Fsp3) is 0.949. The Labute approximate surface area is 347 Å². The Morgan fingerprint density at radius 1 is 0.927 bits per heavy atom. The van der Waals surface area contributed by atoms with Crippen molar-refractivity contribution in [3.63, 3.8) is 0 Å². The zero-order valence-corrected chi connectivity index (χ0v) is 35.9. The molecule has 0 amide bonds. The van der Waals surface area contributed by atoms with Gasteiger partial charge in [-0.2, -0.15) is 0 Å². The van der Waals surface area contributed by atoms with Crippen molar-refractivity contribution in [2.45, 2.75) is 166 Å². The van der Waals surface area contributed by atoms with Crippen LogP contribution in [-0.4, -0.2) is 125 Å². The van der Waals surface area contributed by atoms with E-state index in [2.05, 4.69) is 33.8 Å². The van der Waals surface area contributed by atoms with Crippen molar-refractivity contribution in [1.29, 1.82) is 0 Å². The molecule has 1 spiro atoms. The van der Waals surface area contributed by atoms with Gasteiger partial charge in [0, 0.05) is 12.3 Å². The van der Waals surface area contributed by atoms with Crippen LogP contribution in [0.1, 0.15) is 92.4 Å². The Hall–Kier alpha value is 0.210. The van der Waals surface area contributed by atoms with E-state index in [0.717, 1.165) is 51.6 Å². The van der Waals surface area contributed by atoms with Crippen LogP contribution in [0.2, 0.25) is 0 Å². The van der Waals surface area contributed by atoms with Crippen molar-refractivity contribution < 1.29 is 95.9 Å². The summed E-state index contributed by atoms with van der Waals surface area (Å²) in [5, 5.41) is 53.4. The predicted molar refractivity (Wildman–Crippen MR) is 189 cm³/mol. The summed E-state index contributed by atoms with van der Waals surface area (Å²) in [5.74, 6) is 2.25. The van der Waals surface area contributed by atoms with Crippen molar-refractivity contribution >= 4 is 10.4 Å². The maximum absolute atomic E-state index is 11.7. The number of hydrogen-bond donors (Lipinski definition) is 5. The van der Waals surface area contributed by atoms with E-state index in [1.807, 2.05) is 0 Å². The van der Waals surface area contributed by atoms with Crippen LogP contribution in [0.3, 0.4) is 0 Å². The first kappa shape index (κ1) is 43.3. The minimum atomic E-state index is -5.33. The molecule has 4 aliphatic carbocycles. The first-order valence-electron chi connectivity index (χ1n) is 20.4. The summed E-state index contributed by atoms with van der Waals surface area (Å²) in [4.78, 5) is 0. The molecule has 0 bridgehead atoms. The van der Waals surface area contributed by atoms with E-state index in [1.165, 1.54) is 12.5 Å². The number of ether oxygens (including phenoxy) is 5. The van der Waals surface area contributed by atoms with E-state index in [0.29, 0.717) is 48.3 Å². The zero-order chi connectivity index (χ0) is 38.7. The van der Waals surface area contributed by atoms with E-state index >= 15 is 0 Å². The van der Waals surface area contributed by atoms with E-state index in [1.54, 1.807) is 0 Å². The van der Waals surface area contributed by atoms with Crippen molar-refractivity contribution in [1.82, 2.24) is 0 Å². The molecular formula is C39H61NaO14S. The van der Waals surface area contributed by atoms with E-state index in [-0.39, 0.29) is 52.4 Å². The Morgan fingerprint density at radius 2 is 1.67 bits per heavy atom. The Kier molecular flexibility index (Phi) is 12.3. The molecule has 0 aromatic rings. The quantitative estimate of drug-likeness (QED) is 0.0958. The van der Waals surface area contributed by atoms with Gasteiger partial charge in [-0.05, 0) is 105 Å². The van der Waals surface area contributed by atoms with Crippen molar-refractivity contribution in [3.05, 3.63) is 11.6 Å². The van der Waals surface area contributed by atoms with Crippen LogP contribution in [0, 0.1) is 52.3 Å². The van der Waals surface area contributed by atoms with Gasteiger partial charge in [-0.15, -0.1) is 0 Å². The van der Waals surface area contributed by atoms with Crippen LogP contribution in [0.4, 0.5) is 0 Å². The number of rotatable bonds is 6. The van der Waals surface area contributed by atoms with Crippen LogP contribution < -0.4 is 29.6 Å². The van der Waals surface area contributed by atoms with Gasteiger partial charge in [0.2, 0.25) is 10.4 Å². The summed E-state index contributed by atoms with van der Waals surface area (Å²) in [5.41, 5.74) is 1.43. The van der Waals surface area contributed by atoms with Crippen molar-refractivity contribution in [3.8, 4) is 0 Å². The predicted octanol–water partition coefficient (Wildman–Crippen LogP) is -0.848. The minimum absolute atomic E-state index is 0. The second-order valence-electron chi connectivity index (χ2n) is 18.8. The summed E-state index contributed by atoms with van der Waals surface area (Å²) in [6.07, 6.45) is -3.31. The third kappa shape index (κ3) is 7.21. The van der Waals surface area contributed by atoms with Crippen LogP contribution in [0.15, 0.2) is 11.6 Å². The standard InChI is InChI=1S/C39H62O14S.Na/c1-18-8-13-39(48-17-18)19(2)28-26(52-39)15-25-23-7-6-22-14-21(9-11-37(22,4)24(23)10-12-38(25,28)5)33-35(51-36-31(43)30(42)29(41)20(3)49-36)32(44)34(27(16-40)50-33)53-54(45,46)47;/h6,18-21,23-36,40-44H,7-17H2,1-5H3,(H,45,46,47);/q;+1/p-1/t18?,19-,20-,21-,23+,24-,25-,26-,27+,28-,29-,30+,31+,32-,33-,34+,35+,36-,37-,38-,39+;/m0./s1. The number of allylic oxidation sites excluding steroid dienone is 2. The molecule has 4 heterocycles. The van der Waals surface area contributed by atoms with Gasteiger partial charge >= 0.3 is 29.6 Å². The first-order valence-corrected chi connectivity index (χ1v) is 21.7. The van der Waals surface area contributed by atoms with Gasteiger partial charge in [0.05, 0.1) is 31.5 Å². The van der Waals surface area contributed by atoms with Gasteiger partial charge in [-0.3, -0.25) is 4.18 Å². The van der Waals surface area contributed by atoms with Crippen LogP contribution in [0.25, 0.3) is 0 Å². The maximum Gasteiger partial charge on any atom is 1.00 e. The fourth-order valence-electron chi connectivity index (χ4n) is 13.2. The molecule has 21 atom stereocenters. The molecule has 7 fully saturated rings. The Morgan fingerprint density at radius 3 is 2.35 bits per heavy atom. The molecule has 4 saturated heterocycles. The molecule has 4 aliphatic heterocycles. The number of aliphatic hydroxyl groups is 5. The second kappa shape index (κ2) is 15.6. The molecule has 16 heteroatoms. The van der Waals surface area contributed by atoms with E-state index in [4.69, 9.17) is 27.9 Å². The van der Waals surface area contributed by atoms with Crippen LogP contribution in [-0.2, 0) is 38.3 Å². The topological polar surface area (TPSA) is 214 Å². The molecule has 1 unspecified atom stereocenters. The molecule has 0 radical (unpaired) electrons. The zero-order valence-electron chi connectivity index (χ0n) is 33.1. The Bertz CT molecular complexity index is 1540. The minimum Gasteiger partial charge on any atom is -0.726 e. The molecule has 0 aromatic carbocycles. The molecule has 14 nitrogen and oxygen atoms in total. The van der Waals surface area contributed by atoms with Crippen molar-refractivity contribution in [2.24, 2.45) is 52.3 Å². The van der Waals surface area contributed by atoms with Gasteiger partial charge in [-0.25, -0.2) is 8.42 Å². The molecule has 8 rings (SSSR count). The monoisotopic (exact) mass is 808 g/mol. The molecule has 55 heavy (non-hydrogen) atoms.